The van der Waals surface area contributed by atoms with Crippen LogP contribution in [0.4, 0.5) is 0 Å². The zero-order chi connectivity index (χ0) is 18.6. The molecule has 140 valence electrons. The molecule has 1 unspecified atom stereocenters. The summed E-state index contributed by atoms with van der Waals surface area (Å²) >= 11 is 6.11. The molecular weight excluding hydrogens is 356 g/mol. The van der Waals surface area contributed by atoms with Crippen LogP contribution < -0.4 is 10.6 Å². The third kappa shape index (κ3) is 4.29. The molecule has 27 heavy (non-hydrogen) atoms. The van der Waals surface area contributed by atoms with Gasteiger partial charge in [-0.2, -0.15) is 0 Å². The number of fused-ring (bicyclic) bond motifs is 1. The lowest BCUT2D eigenvalue weighted by Gasteiger charge is -2.29. The number of aryl methyl sites for hydroxylation is 1. The van der Waals surface area contributed by atoms with E-state index in [4.69, 9.17) is 16.6 Å². The summed E-state index contributed by atoms with van der Waals surface area (Å²) < 4.78 is 0. The number of aromatic nitrogens is 2. The van der Waals surface area contributed by atoms with Crippen LogP contribution in [-0.4, -0.2) is 29.1 Å². The third-order valence-corrected chi connectivity index (χ3v) is 5.57. The minimum absolute atomic E-state index is 0.117. The van der Waals surface area contributed by atoms with E-state index in [2.05, 4.69) is 52.9 Å². The summed E-state index contributed by atoms with van der Waals surface area (Å²) in [5.41, 5.74) is 3.29. The highest BCUT2D eigenvalue weighted by molar-refractivity contribution is 6.30. The zero-order valence-electron chi connectivity index (χ0n) is 15.6. The number of halogens is 1. The van der Waals surface area contributed by atoms with Crippen LogP contribution in [0.1, 0.15) is 35.8 Å². The van der Waals surface area contributed by atoms with Gasteiger partial charge in [0.25, 0.3) is 0 Å². The Morgan fingerprint density at radius 1 is 1.19 bits per heavy atom. The molecule has 0 bridgehead atoms. The molecule has 1 aliphatic heterocycles. The third-order valence-electron chi connectivity index (χ3n) is 5.36. The number of rotatable bonds is 5. The predicted molar refractivity (Wildman–Crippen MR) is 111 cm³/mol. The Labute approximate surface area is 165 Å². The molecule has 2 aromatic heterocycles. The van der Waals surface area contributed by atoms with Gasteiger partial charge in [0, 0.05) is 35.9 Å². The van der Waals surface area contributed by atoms with Crippen LogP contribution in [0.25, 0.3) is 10.8 Å². The van der Waals surface area contributed by atoms with Crippen LogP contribution >= 0.6 is 11.6 Å². The van der Waals surface area contributed by atoms with E-state index in [0.29, 0.717) is 11.1 Å². The van der Waals surface area contributed by atoms with Crippen molar-refractivity contribution < 1.29 is 0 Å². The lowest BCUT2D eigenvalue weighted by molar-refractivity contribution is 0.345. The fourth-order valence-corrected chi connectivity index (χ4v) is 4.12. The topological polar surface area (TPSA) is 49.8 Å². The smallest absolute Gasteiger partial charge is 0.0655 e. The van der Waals surface area contributed by atoms with E-state index in [1.807, 2.05) is 12.3 Å². The van der Waals surface area contributed by atoms with Crippen LogP contribution in [0.15, 0.2) is 48.8 Å². The Bertz CT molecular complexity index is 916. The minimum atomic E-state index is 0.117. The van der Waals surface area contributed by atoms with Gasteiger partial charge in [-0.1, -0.05) is 35.9 Å². The summed E-state index contributed by atoms with van der Waals surface area (Å²) in [6.45, 7) is 4.20. The summed E-state index contributed by atoms with van der Waals surface area (Å²) in [5, 5.41) is 10.4. The fraction of sp³-hybridized carbons (Fsp3) is 0.364. The maximum Gasteiger partial charge on any atom is 0.0655 e. The van der Waals surface area contributed by atoms with Crippen molar-refractivity contribution in [2.24, 2.45) is 0 Å². The molecule has 0 radical (unpaired) electrons. The van der Waals surface area contributed by atoms with E-state index >= 15 is 0 Å². The van der Waals surface area contributed by atoms with Crippen molar-refractivity contribution in [2.75, 3.05) is 13.1 Å². The van der Waals surface area contributed by atoms with Crippen molar-refractivity contribution in [1.82, 2.24) is 20.6 Å². The van der Waals surface area contributed by atoms with Gasteiger partial charge in [-0.3, -0.25) is 9.97 Å². The van der Waals surface area contributed by atoms with Gasteiger partial charge in [-0.25, -0.2) is 0 Å². The zero-order valence-corrected chi connectivity index (χ0v) is 16.3. The molecular formula is C22H25ClN4. The van der Waals surface area contributed by atoms with Crippen LogP contribution in [0.2, 0.25) is 5.02 Å². The number of hydrogen-bond donors (Lipinski definition) is 2. The van der Waals surface area contributed by atoms with E-state index in [-0.39, 0.29) is 6.04 Å². The Hall–Kier alpha value is -2.01. The normalized spacial score (nSPS) is 16.5. The number of benzene rings is 1. The number of nitrogens with zero attached hydrogens (tertiary/aromatic N) is 2. The molecule has 0 spiro atoms. The Morgan fingerprint density at radius 3 is 2.81 bits per heavy atom. The Morgan fingerprint density at radius 2 is 2.00 bits per heavy atom. The highest BCUT2D eigenvalue weighted by atomic mass is 35.5. The largest absolute Gasteiger partial charge is 0.317 e. The van der Waals surface area contributed by atoms with E-state index < -0.39 is 0 Å². The molecule has 1 aromatic carbocycles. The maximum absolute atomic E-state index is 6.11. The quantitative estimate of drug-likeness (QED) is 0.695. The average molecular weight is 381 g/mol. The molecule has 3 aromatic rings. The van der Waals surface area contributed by atoms with Gasteiger partial charge >= 0.3 is 0 Å². The second-order valence-electron chi connectivity index (χ2n) is 7.28. The van der Waals surface area contributed by atoms with Crippen LogP contribution in [0.3, 0.4) is 0 Å². The highest BCUT2D eigenvalue weighted by Crippen LogP contribution is 2.27. The lowest BCUT2D eigenvalue weighted by atomic mass is 9.97. The van der Waals surface area contributed by atoms with Crippen molar-refractivity contribution in [1.29, 1.82) is 0 Å². The van der Waals surface area contributed by atoms with Gasteiger partial charge in [0.2, 0.25) is 0 Å². The predicted octanol–water partition coefficient (Wildman–Crippen LogP) is 4.22. The maximum atomic E-state index is 6.11. The lowest BCUT2D eigenvalue weighted by Crippen LogP contribution is -2.42. The van der Waals surface area contributed by atoms with Crippen LogP contribution in [0, 0.1) is 6.92 Å². The van der Waals surface area contributed by atoms with E-state index in [0.717, 1.165) is 49.3 Å². The molecule has 0 amide bonds. The van der Waals surface area contributed by atoms with Gasteiger partial charge in [-0.05, 0) is 55.9 Å². The van der Waals surface area contributed by atoms with Crippen molar-refractivity contribution in [3.63, 3.8) is 0 Å². The van der Waals surface area contributed by atoms with Crippen molar-refractivity contribution in [3.05, 3.63) is 70.8 Å². The second kappa shape index (κ2) is 8.34. The molecule has 2 N–H and O–H groups in total. The average Bonchev–Trinajstić information content (AvgIpc) is 2.70. The minimum Gasteiger partial charge on any atom is -0.317 e. The molecule has 3 heterocycles. The molecule has 5 heteroatoms. The molecule has 1 saturated heterocycles. The molecule has 1 fully saturated rings. The number of nitrogens with one attached hydrogen (secondary N) is 2. The molecule has 1 atom stereocenters. The number of piperidine rings is 1. The molecule has 1 aliphatic rings. The van der Waals surface area contributed by atoms with Gasteiger partial charge < -0.3 is 10.6 Å². The summed E-state index contributed by atoms with van der Waals surface area (Å²) in [6.07, 6.45) is 6.72. The summed E-state index contributed by atoms with van der Waals surface area (Å²) in [5.74, 6) is 0. The van der Waals surface area contributed by atoms with E-state index in [9.17, 15) is 0 Å². The number of hydrogen-bond acceptors (Lipinski definition) is 4. The first kappa shape index (κ1) is 18.4. The fourth-order valence-electron chi connectivity index (χ4n) is 3.90. The van der Waals surface area contributed by atoms with Crippen molar-refractivity contribution in [3.8, 4) is 0 Å². The second-order valence-corrected chi connectivity index (χ2v) is 7.72. The van der Waals surface area contributed by atoms with Gasteiger partial charge in [0.15, 0.2) is 0 Å². The van der Waals surface area contributed by atoms with E-state index in [1.54, 1.807) is 6.20 Å². The van der Waals surface area contributed by atoms with E-state index in [1.165, 1.54) is 10.8 Å². The van der Waals surface area contributed by atoms with Gasteiger partial charge in [0.05, 0.1) is 16.8 Å². The van der Waals surface area contributed by atoms with Gasteiger partial charge in [-0.15, -0.1) is 0 Å². The van der Waals surface area contributed by atoms with Gasteiger partial charge in [0.1, 0.15) is 0 Å². The van der Waals surface area contributed by atoms with Crippen molar-refractivity contribution >= 4 is 22.4 Å². The standard InChI is InChI=1S/C22H25ClN4/c1-15-12-17(23)14-26-20(15)13-21(27-18-7-9-24-10-8-18)22-19-5-3-2-4-16(19)6-11-25-22/h2-6,11-12,14,18,21,24,27H,7-10,13H2,1H3. The Balaban J connectivity index is 1.70. The highest BCUT2D eigenvalue weighted by Gasteiger charge is 2.23. The first-order valence-corrected chi connectivity index (χ1v) is 10.00. The first-order valence-electron chi connectivity index (χ1n) is 9.62. The molecule has 4 nitrogen and oxygen atoms in total. The van der Waals surface area contributed by atoms with Crippen molar-refractivity contribution in [2.45, 2.75) is 38.3 Å². The molecule has 0 saturated carbocycles. The number of pyridine rings is 2. The molecule has 4 rings (SSSR count). The Kier molecular flexibility index (Phi) is 5.67. The summed E-state index contributed by atoms with van der Waals surface area (Å²) in [6, 6.07) is 13.1. The molecule has 0 aliphatic carbocycles. The summed E-state index contributed by atoms with van der Waals surface area (Å²) in [7, 11) is 0. The SMILES string of the molecule is Cc1cc(Cl)cnc1CC(NC1CCNCC1)c1nccc2ccccc12. The summed E-state index contributed by atoms with van der Waals surface area (Å²) in [4.78, 5) is 9.39. The first-order chi connectivity index (χ1) is 13.2. The van der Waals surface area contributed by atoms with Crippen LogP contribution in [-0.2, 0) is 6.42 Å². The monoisotopic (exact) mass is 380 g/mol. The van der Waals surface area contributed by atoms with Crippen LogP contribution in [0.5, 0.6) is 0 Å².